The highest BCUT2D eigenvalue weighted by atomic mass is 79.9. The Labute approximate surface area is 156 Å². The molecule has 0 radical (unpaired) electrons. The lowest BCUT2D eigenvalue weighted by atomic mass is 10.0. The monoisotopic (exact) mass is 455 g/mol. The van der Waals surface area contributed by atoms with Gasteiger partial charge in [0.05, 0.1) is 12.5 Å². The number of hydrogen-bond donors (Lipinski definition) is 2. The van der Waals surface area contributed by atoms with Crippen LogP contribution in [0.3, 0.4) is 0 Å². The maximum atomic E-state index is 12.0. The van der Waals surface area contributed by atoms with Gasteiger partial charge in [-0.05, 0) is 55.1 Å². The van der Waals surface area contributed by atoms with E-state index in [-0.39, 0.29) is 13.0 Å². The number of hydrogen-bond acceptors (Lipinski definition) is 3. The van der Waals surface area contributed by atoms with Crippen LogP contribution in [0, 0.1) is 0 Å². The van der Waals surface area contributed by atoms with Crippen LogP contribution in [0.4, 0.5) is 4.79 Å². The van der Waals surface area contributed by atoms with Crippen molar-refractivity contribution in [1.82, 2.24) is 5.32 Å². The molecule has 1 amide bonds. The Kier molecular flexibility index (Phi) is 6.81. The summed E-state index contributed by atoms with van der Waals surface area (Å²) in [5.74, 6) is -1.01. The number of alkyl carbamates (subject to hydrolysis) is 1. The van der Waals surface area contributed by atoms with Gasteiger partial charge < -0.3 is 15.2 Å². The van der Waals surface area contributed by atoms with Gasteiger partial charge >= 0.3 is 12.1 Å². The van der Waals surface area contributed by atoms with E-state index in [4.69, 9.17) is 9.84 Å². The Morgan fingerprint density at radius 1 is 1.08 bits per heavy atom. The average Bonchev–Trinajstić information content (AvgIpc) is 2.55. The van der Waals surface area contributed by atoms with Crippen molar-refractivity contribution in [3.05, 3.63) is 68.6 Å². The molecule has 0 aliphatic rings. The van der Waals surface area contributed by atoms with Gasteiger partial charge in [0.15, 0.2) is 0 Å². The lowest BCUT2D eigenvalue weighted by Crippen LogP contribution is -2.30. The van der Waals surface area contributed by atoms with Crippen LogP contribution in [-0.2, 0) is 16.1 Å². The van der Waals surface area contributed by atoms with Crippen molar-refractivity contribution < 1.29 is 19.4 Å². The number of carboxylic acid groups (broad SMARTS) is 1. The molecule has 24 heavy (non-hydrogen) atoms. The molecule has 7 heteroatoms. The molecule has 0 spiro atoms. The molecule has 1 unspecified atom stereocenters. The van der Waals surface area contributed by atoms with Crippen LogP contribution in [0.5, 0.6) is 0 Å². The highest BCUT2D eigenvalue weighted by molar-refractivity contribution is 9.13. The lowest BCUT2D eigenvalue weighted by Gasteiger charge is -2.18. The van der Waals surface area contributed by atoms with Crippen molar-refractivity contribution in [3.63, 3.8) is 0 Å². The first-order chi connectivity index (χ1) is 11.5. The van der Waals surface area contributed by atoms with Gasteiger partial charge in [0.1, 0.15) is 6.61 Å². The molecule has 2 N–H and O–H groups in total. The first-order valence-electron chi connectivity index (χ1n) is 7.09. The first kappa shape index (κ1) is 18.5. The van der Waals surface area contributed by atoms with Gasteiger partial charge in [0.2, 0.25) is 0 Å². The highest BCUT2D eigenvalue weighted by Gasteiger charge is 2.19. The maximum absolute atomic E-state index is 12.0. The molecule has 0 saturated heterocycles. The maximum Gasteiger partial charge on any atom is 0.407 e. The molecule has 2 aromatic rings. The largest absolute Gasteiger partial charge is 0.481 e. The number of carbonyl (C=O) groups excluding carboxylic acids is 1. The van der Waals surface area contributed by atoms with Crippen LogP contribution in [0.25, 0.3) is 0 Å². The third-order valence-corrected chi connectivity index (χ3v) is 5.11. The van der Waals surface area contributed by atoms with Crippen molar-refractivity contribution in [2.75, 3.05) is 0 Å². The van der Waals surface area contributed by atoms with Crippen LogP contribution >= 0.6 is 31.9 Å². The van der Waals surface area contributed by atoms with Crippen molar-refractivity contribution in [1.29, 1.82) is 0 Å². The molecule has 0 aliphatic carbocycles. The van der Waals surface area contributed by atoms with Gasteiger partial charge in [0, 0.05) is 8.95 Å². The fourth-order valence-electron chi connectivity index (χ4n) is 2.06. The number of rotatable bonds is 6. The molecular formula is C17H15Br2NO4. The summed E-state index contributed by atoms with van der Waals surface area (Å²) in [5, 5.41) is 11.7. The number of halogens is 2. The number of carboxylic acids is 1. The zero-order valence-electron chi connectivity index (χ0n) is 12.5. The molecule has 2 rings (SSSR count). The second-order valence-electron chi connectivity index (χ2n) is 5.03. The van der Waals surface area contributed by atoms with Gasteiger partial charge in [-0.3, -0.25) is 4.79 Å². The smallest absolute Gasteiger partial charge is 0.407 e. The van der Waals surface area contributed by atoms with Crippen LogP contribution in [0.15, 0.2) is 57.5 Å². The molecule has 1 atom stereocenters. The Bertz CT molecular complexity index is 722. The fraction of sp³-hybridized carbons (Fsp3) is 0.176. The number of nitrogens with one attached hydrogen (secondary N) is 1. The summed E-state index contributed by atoms with van der Waals surface area (Å²) in [5.41, 5.74) is 1.53. The number of carbonyl (C=O) groups is 2. The van der Waals surface area contributed by atoms with Crippen LogP contribution in [0.2, 0.25) is 0 Å². The number of aliphatic carboxylic acids is 1. The highest BCUT2D eigenvalue weighted by Crippen LogP contribution is 2.27. The SMILES string of the molecule is O=C(O)CC(NC(=O)OCc1ccccc1)c1ccc(Br)c(Br)c1. The van der Waals surface area contributed by atoms with E-state index in [0.717, 1.165) is 14.5 Å². The fourth-order valence-corrected chi connectivity index (χ4v) is 2.71. The summed E-state index contributed by atoms with van der Waals surface area (Å²) in [6.07, 6.45) is -0.904. The number of amides is 1. The predicted molar refractivity (Wildman–Crippen MR) is 96.6 cm³/mol. The summed E-state index contributed by atoms with van der Waals surface area (Å²) in [4.78, 5) is 23.1. The first-order valence-corrected chi connectivity index (χ1v) is 8.68. The quantitative estimate of drug-likeness (QED) is 0.663. The van der Waals surface area contributed by atoms with E-state index < -0.39 is 18.1 Å². The van der Waals surface area contributed by atoms with Gasteiger partial charge in [-0.2, -0.15) is 0 Å². The van der Waals surface area contributed by atoms with Gasteiger partial charge in [0.25, 0.3) is 0 Å². The Hall–Kier alpha value is -1.86. The van der Waals surface area contributed by atoms with E-state index in [9.17, 15) is 9.59 Å². The van der Waals surface area contributed by atoms with Gasteiger partial charge in [-0.25, -0.2) is 4.79 Å². The van der Waals surface area contributed by atoms with E-state index in [1.165, 1.54) is 0 Å². The minimum absolute atomic E-state index is 0.122. The molecule has 2 aromatic carbocycles. The zero-order valence-corrected chi connectivity index (χ0v) is 15.7. The van der Waals surface area contributed by atoms with Crippen molar-refractivity contribution in [3.8, 4) is 0 Å². The normalized spacial score (nSPS) is 11.6. The average molecular weight is 457 g/mol. The number of ether oxygens (including phenoxy) is 1. The van der Waals surface area contributed by atoms with Crippen LogP contribution < -0.4 is 5.32 Å². The molecule has 0 heterocycles. The van der Waals surface area contributed by atoms with Crippen molar-refractivity contribution in [2.45, 2.75) is 19.1 Å². The van der Waals surface area contributed by atoms with Crippen molar-refractivity contribution in [2.24, 2.45) is 0 Å². The summed E-state index contributed by atoms with van der Waals surface area (Å²) in [6, 6.07) is 13.9. The molecule has 0 fully saturated rings. The summed E-state index contributed by atoms with van der Waals surface area (Å²) < 4.78 is 6.76. The summed E-state index contributed by atoms with van der Waals surface area (Å²) in [6.45, 7) is 0.122. The lowest BCUT2D eigenvalue weighted by molar-refractivity contribution is -0.137. The van der Waals surface area contributed by atoms with Crippen molar-refractivity contribution >= 4 is 43.9 Å². The zero-order chi connectivity index (χ0) is 17.5. The Balaban J connectivity index is 2.03. The second kappa shape index (κ2) is 8.84. The summed E-state index contributed by atoms with van der Waals surface area (Å²) in [7, 11) is 0. The van der Waals surface area contributed by atoms with E-state index in [0.29, 0.717) is 5.56 Å². The Morgan fingerprint density at radius 2 is 1.79 bits per heavy atom. The standard InChI is InChI=1S/C17H15Br2NO4/c18-13-7-6-12(8-14(13)19)15(9-16(21)22)20-17(23)24-10-11-4-2-1-3-5-11/h1-8,15H,9-10H2,(H,20,23)(H,21,22). The van der Waals surface area contributed by atoms with E-state index in [2.05, 4.69) is 37.2 Å². The third kappa shape index (κ3) is 5.65. The third-order valence-electron chi connectivity index (χ3n) is 3.23. The molecule has 0 saturated carbocycles. The van der Waals surface area contributed by atoms with Gasteiger partial charge in [-0.15, -0.1) is 0 Å². The van der Waals surface area contributed by atoms with Crippen LogP contribution in [-0.4, -0.2) is 17.2 Å². The predicted octanol–water partition coefficient (Wildman–Crippen LogP) is 4.65. The Morgan fingerprint density at radius 3 is 2.42 bits per heavy atom. The van der Waals surface area contributed by atoms with E-state index >= 15 is 0 Å². The number of benzene rings is 2. The molecule has 126 valence electrons. The minimum Gasteiger partial charge on any atom is -0.481 e. The molecule has 0 bridgehead atoms. The van der Waals surface area contributed by atoms with E-state index in [1.807, 2.05) is 30.3 Å². The minimum atomic E-state index is -1.01. The molecule has 0 aromatic heterocycles. The topological polar surface area (TPSA) is 75.6 Å². The second-order valence-corrected chi connectivity index (χ2v) is 6.74. The molecule has 0 aliphatic heterocycles. The summed E-state index contributed by atoms with van der Waals surface area (Å²) >= 11 is 6.73. The molecular weight excluding hydrogens is 442 g/mol. The van der Waals surface area contributed by atoms with Gasteiger partial charge in [-0.1, -0.05) is 36.4 Å². The van der Waals surface area contributed by atoms with E-state index in [1.54, 1.807) is 18.2 Å². The van der Waals surface area contributed by atoms with Crippen LogP contribution in [0.1, 0.15) is 23.6 Å². The molecule has 5 nitrogen and oxygen atoms in total.